The summed E-state index contributed by atoms with van der Waals surface area (Å²) >= 11 is 1.42. The number of piperidine rings is 1. The second-order valence-corrected chi connectivity index (χ2v) is 8.12. The second kappa shape index (κ2) is 9.06. The van der Waals surface area contributed by atoms with Crippen molar-refractivity contribution in [2.24, 2.45) is 5.92 Å². The summed E-state index contributed by atoms with van der Waals surface area (Å²) in [7, 11) is 0. The van der Waals surface area contributed by atoms with E-state index in [4.69, 9.17) is 0 Å². The highest BCUT2D eigenvalue weighted by Gasteiger charge is 2.31. The van der Waals surface area contributed by atoms with Crippen LogP contribution in [0.2, 0.25) is 0 Å². The number of hydrogen-bond donors (Lipinski definition) is 1. The summed E-state index contributed by atoms with van der Waals surface area (Å²) in [4.78, 5) is 18.4. The molecule has 158 valence electrons. The summed E-state index contributed by atoms with van der Waals surface area (Å²) in [5.41, 5.74) is -0.764. The molecule has 1 fully saturated rings. The maximum absolute atomic E-state index is 12.7. The number of rotatable bonds is 6. The third-order valence-electron chi connectivity index (χ3n) is 5.27. The Bertz CT molecular complexity index is 812. The van der Waals surface area contributed by atoms with Crippen LogP contribution in [-0.2, 0) is 11.0 Å². The highest BCUT2D eigenvalue weighted by Crippen LogP contribution is 2.31. The molecule has 0 spiro atoms. The highest BCUT2D eigenvalue weighted by atomic mass is 32.1. The molecule has 1 amide bonds. The standard InChI is InChI=1S/C19H24F3N5OS/c1-3-12(4-2)17-25-26-18(29-17)24-16(28)13-7-9-27(10-8-13)15-6-5-14(11-23-15)19(20,21)22/h5-6,11-13H,3-4,7-10H2,1-2H3,(H,24,26,28). The third-order valence-corrected chi connectivity index (χ3v) is 6.27. The predicted octanol–water partition coefficient (Wildman–Crippen LogP) is 4.71. The first kappa shape index (κ1) is 21.5. The Kier molecular flexibility index (Phi) is 6.71. The van der Waals surface area contributed by atoms with Crippen molar-refractivity contribution in [2.45, 2.75) is 51.6 Å². The van der Waals surface area contributed by atoms with Gasteiger partial charge in [0.1, 0.15) is 10.8 Å². The molecule has 1 saturated heterocycles. The van der Waals surface area contributed by atoms with E-state index in [9.17, 15) is 18.0 Å². The molecule has 10 heteroatoms. The largest absolute Gasteiger partial charge is 0.417 e. The van der Waals surface area contributed by atoms with E-state index in [1.165, 1.54) is 17.4 Å². The van der Waals surface area contributed by atoms with Crippen molar-refractivity contribution in [1.82, 2.24) is 15.2 Å². The highest BCUT2D eigenvalue weighted by molar-refractivity contribution is 7.15. The SMILES string of the molecule is CCC(CC)c1nnc(NC(=O)C2CCN(c3ccc(C(F)(F)F)cn3)CC2)s1. The second-order valence-electron chi connectivity index (χ2n) is 7.11. The molecule has 2 aromatic heterocycles. The van der Waals surface area contributed by atoms with E-state index in [1.807, 2.05) is 4.90 Å². The normalized spacial score (nSPS) is 15.7. The molecule has 0 unspecified atom stereocenters. The molecule has 0 aliphatic carbocycles. The lowest BCUT2D eigenvalue weighted by Crippen LogP contribution is -2.38. The fourth-order valence-corrected chi connectivity index (χ4v) is 4.42. The van der Waals surface area contributed by atoms with E-state index in [0.717, 1.165) is 30.1 Å². The van der Waals surface area contributed by atoms with Crippen LogP contribution >= 0.6 is 11.3 Å². The molecule has 29 heavy (non-hydrogen) atoms. The van der Waals surface area contributed by atoms with Gasteiger partial charge in [-0.25, -0.2) is 4.98 Å². The van der Waals surface area contributed by atoms with Gasteiger partial charge in [-0.2, -0.15) is 13.2 Å². The van der Waals surface area contributed by atoms with E-state index in [1.54, 1.807) is 0 Å². The Balaban J connectivity index is 1.53. The van der Waals surface area contributed by atoms with Gasteiger partial charge in [0.05, 0.1) is 5.56 Å². The van der Waals surface area contributed by atoms with Crippen molar-refractivity contribution in [1.29, 1.82) is 0 Å². The first-order valence-electron chi connectivity index (χ1n) is 9.74. The summed E-state index contributed by atoms with van der Waals surface area (Å²) in [6.45, 7) is 5.33. The van der Waals surface area contributed by atoms with Gasteiger partial charge in [0, 0.05) is 31.1 Å². The van der Waals surface area contributed by atoms with Gasteiger partial charge in [0.25, 0.3) is 0 Å². The lowest BCUT2D eigenvalue weighted by Gasteiger charge is -2.32. The van der Waals surface area contributed by atoms with E-state index in [-0.39, 0.29) is 11.8 Å². The van der Waals surface area contributed by atoms with Crippen LogP contribution in [0, 0.1) is 5.92 Å². The molecule has 0 aromatic carbocycles. The molecule has 0 atom stereocenters. The number of carbonyl (C=O) groups is 1. The first-order chi connectivity index (χ1) is 13.8. The van der Waals surface area contributed by atoms with Crippen LogP contribution in [0.4, 0.5) is 24.1 Å². The molecule has 1 aliphatic heterocycles. The number of anilines is 2. The Hall–Kier alpha value is -2.23. The number of nitrogens with zero attached hydrogens (tertiary/aromatic N) is 4. The van der Waals surface area contributed by atoms with E-state index < -0.39 is 11.7 Å². The molecular formula is C19H24F3N5OS. The molecule has 1 aliphatic rings. The molecule has 6 nitrogen and oxygen atoms in total. The lowest BCUT2D eigenvalue weighted by atomic mass is 9.96. The fourth-order valence-electron chi connectivity index (χ4n) is 3.41. The quantitative estimate of drug-likeness (QED) is 0.723. The smallest absolute Gasteiger partial charge is 0.357 e. The monoisotopic (exact) mass is 427 g/mol. The number of amides is 1. The minimum atomic E-state index is -4.39. The zero-order valence-electron chi connectivity index (χ0n) is 16.4. The average Bonchev–Trinajstić information content (AvgIpc) is 3.16. The molecule has 3 rings (SSSR count). The summed E-state index contributed by atoms with van der Waals surface area (Å²) in [6, 6.07) is 2.41. The number of alkyl halides is 3. The molecule has 2 aromatic rings. The maximum Gasteiger partial charge on any atom is 0.417 e. The molecular weight excluding hydrogens is 403 g/mol. The van der Waals surface area contributed by atoms with Crippen LogP contribution in [0.1, 0.15) is 56.0 Å². The first-order valence-corrected chi connectivity index (χ1v) is 10.6. The van der Waals surface area contributed by atoms with Gasteiger partial charge in [0.2, 0.25) is 11.0 Å². The fraction of sp³-hybridized carbons (Fsp3) is 0.579. The molecule has 1 N–H and O–H groups in total. The van der Waals surface area contributed by atoms with Crippen molar-refractivity contribution in [3.63, 3.8) is 0 Å². The topological polar surface area (TPSA) is 71.0 Å². The Morgan fingerprint density at radius 3 is 2.48 bits per heavy atom. The van der Waals surface area contributed by atoms with Crippen molar-refractivity contribution < 1.29 is 18.0 Å². The Labute approximate surface area is 171 Å². The van der Waals surface area contributed by atoms with Gasteiger partial charge < -0.3 is 10.2 Å². The van der Waals surface area contributed by atoms with Crippen molar-refractivity contribution in [3.8, 4) is 0 Å². The number of nitrogens with one attached hydrogen (secondary N) is 1. The van der Waals surface area contributed by atoms with Crippen molar-refractivity contribution >= 4 is 28.2 Å². The maximum atomic E-state index is 12.7. The minimum absolute atomic E-state index is 0.0859. The molecule has 3 heterocycles. The number of carbonyl (C=O) groups excluding carboxylic acids is 1. The third kappa shape index (κ3) is 5.23. The number of halogens is 3. The van der Waals surface area contributed by atoms with Crippen LogP contribution in [0.5, 0.6) is 0 Å². The lowest BCUT2D eigenvalue weighted by molar-refractivity contribution is -0.137. The van der Waals surface area contributed by atoms with Crippen LogP contribution in [0.25, 0.3) is 0 Å². The summed E-state index contributed by atoms with van der Waals surface area (Å²) in [5.74, 6) is 0.604. The number of hydrogen-bond acceptors (Lipinski definition) is 6. The van der Waals surface area contributed by atoms with Gasteiger partial charge in [-0.05, 0) is 37.8 Å². The zero-order valence-corrected chi connectivity index (χ0v) is 17.2. The average molecular weight is 427 g/mol. The van der Waals surface area contributed by atoms with Crippen LogP contribution in [-0.4, -0.2) is 34.2 Å². The summed E-state index contributed by atoms with van der Waals surface area (Å²) < 4.78 is 38.0. The van der Waals surface area contributed by atoms with Gasteiger partial charge in [-0.15, -0.1) is 10.2 Å². The Morgan fingerprint density at radius 2 is 1.93 bits per heavy atom. The summed E-state index contributed by atoms with van der Waals surface area (Å²) in [6.07, 6.45) is -0.374. The van der Waals surface area contributed by atoms with E-state index in [0.29, 0.717) is 42.8 Å². The van der Waals surface area contributed by atoms with Crippen molar-refractivity contribution in [2.75, 3.05) is 23.3 Å². The van der Waals surface area contributed by atoms with E-state index >= 15 is 0 Å². The van der Waals surface area contributed by atoms with Crippen LogP contribution in [0.3, 0.4) is 0 Å². The number of pyridine rings is 1. The Morgan fingerprint density at radius 1 is 1.24 bits per heavy atom. The molecule has 0 saturated carbocycles. The number of aromatic nitrogens is 3. The van der Waals surface area contributed by atoms with Gasteiger partial charge in [-0.1, -0.05) is 25.2 Å². The molecule has 0 bridgehead atoms. The van der Waals surface area contributed by atoms with Crippen molar-refractivity contribution in [3.05, 3.63) is 28.9 Å². The minimum Gasteiger partial charge on any atom is -0.357 e. The van der Waals surface area contributed by atoms with Gasteiger partial charge >= 0.3 is 6.18 Å². The van der Waals surface area contributed by atoms with Gasteiger partial charge in [0.15, 0.2) is 0 Å². The zero-order chi connectivity index (χ0) is 21.0. The van der Waals surface area contributed by atoms with Crippen LogP contribution < -0.4 is 10.2 Å². The van der Waals surface area contributed by atoms with Gasteiger partial charge in [-0.3, -0.25) is 4.79 Å². The van der Waals surface area contributed by atoms with Crippen LogP contribution in [0.15, 0.2) is 18.3 Å². The summed E-state index contributed by atoms with van der Waals surface area (Å²) in [5, 5.41) is 12.6. The van der Waals surface area contributed by atoms with E-state index in [2.05, 4.69) is 34.3 Å². The predicted molar refractivity (Wildman–Crippen MR) is 106 cm³/mol. The molecule has 0 radical (unpaired) electrons.